The van der Waals surface area contributed by atoms with Crippen molar-refractivity contribution in [2.45, 2.75) is 6.18 Å². The monoisotopic (exact) mass is 361 g/mol. The van der Waals surface area contributed by atoms with Gasteiger partial charge in [-0.2, -0.15) is 13.2 Å². The lowest BCUT2D eigenvalue weighted by atomic mass is 10.2. The Hall–Kier alpha value is -2.35. The Balaban J connectivity index is 1.84. The molecule has 24 heavy (non-hydrogen) atoms. The maximum atomic E-state index is 13.5. The second-order valence-corrected chi connectivity index (χ2v) is 5.12. The molecule has 0 aliphatic heterocycles. The SMILES string of the molecule is O=C(NCCNc1ccc(C(F)(F)F)cn1)c1c(F)cccc1Cl. The average Bonchev–Trinajstić information content (AvgIpc) is 2.51. The van der Waals surface area contributed by atoms with Gasteiger partial charge in [0.1, 0.15) is 11.6 Å². The van der Waals surface area contributed by atoms with Gasteiger partial charge >= 0.3 is 6.18 Å². The molecule has 9 heteroatoms. The summed E-state index contributed by atoms with van der Waals surface area (Å²) in [6.07, 6.45) is -3.74. The normalized spacial score (nSPS) is 11.2. The molecular formula is C15H12ClF4N3O. The van der Waals surface area contributed by atoms with Gasteiger partial charge in [0.15, 0.2) is 0 Å². The minimum absolute atomic E-state index is 0.00938. The van der Waals surface area contributed by atoms with Crippen LogP contribution in [0.15, 0.2) is 36.5 Å². The molecule has 0 unspecified atom stereocenters. The summed E-state index contributed by atoms with van der Waals surface area (Å²) in [5, 5.41) is 5.18. The molecule has 0 fully saturated rings. The Labute approximate surface area is 139 Å². The number of hydrogen-bond acceptors (Lipinski definition) is 3. The van der Waals surface area contributed by atoms with Crippen molar-refractivity contribution in [3.8, 4) is 0 Å². The highest BCUT2D eigenvalue weighted by molar-refractivity contribution is 6.33. The highest BCUT2D eigenvalue weighted by Gasteiger charge is 2.30. The molecule has 2 N–H and O–H groups in total. The summed E-state index contributed by atoms with van der Waals surface area (Å²) in [4.78, 5) is 15.5. The molecule has 2 aromatic rings. The lowest BCUT2D eigenvalue weighted by molar-refractivity contribution is -0.137. The molecule has 0 saturated carbocycles. The molecule has 0 atom stereocenters. The van der Waals surface area contributed by atoms with Crippen LogP contribution in [0.25, 0.3) is 0 Å². The maximum Gasteiger partial charge on any atom is 0.417 e. The number of carbonyl (C=O) groups excluding carboxylic acids is 1. The molecule has 0 aliphatic carbocycles. The zero-order chi connectivity index (χ0) is 17.7. The topological polar surface area (TPSA) is 54.0 Å². The fraction of sp³-hybridized carbons (Fsp3) is 0.200. The molecule has 0 bridgehead atoms. The van der Waals surface area contributed by atoms with E-state index >= 15 is 0 Å². The van der Waals surface area contributed by atoms with Crippen LogP contribution in [0, 0.1) is 5.82 Å². The van der Waals surface area contributed by atoms with Gasteiger partial charge in [-0.15, -0.1) is 0 Å². The number of alkyl halides is 3. The van der Waals surface area contributed by atoms with E-state index in [4.69, 9.17) is 11.6 Å². The van der Waals surface area contributed by atoms with Gasteiger partial charge in [0.25, 0.3) is 5.91 Å². The molecular weight excluding hydrogens is 350 g/mol. The fourth-order valence-corrected chi connectivity index (χ4v) is 2.08. The molecule has 1 aromatic heterocycles. The van der Waals surface area contributed by atoms with Crippen LogP contribution in [-0.2, 0) is 6.18 Å². The highest BCUT2D eigenvalue weighted by Crippen LogP contribution is 2.28. The number of pyridine rings is 1. The second kappa shape index (κ2) is 7.48. The summed E-state index contributed by atoms with van der Waals surface area (Å²) < 4.78 is 50.7. The summed E-state index contributed by atoms with van der Waals surface area (Å²) in [6.45, 7) is 0.294. The van der Waals surface area contributed by atoms with Crippen molar-refractivity contribution < 1.29 is 22.4 Å². The van der Waals surface area contributed by atoms with Gasteiger partial charge in [0, 0.05) is 19.3 Å². The van der Waals surface area contributed by atoms with Gasteiger partial charge in [-0.3, -0.25) is 4.79 Å². The van der Waals surface area contributed by atoms with Crippen LogP contribution in [0.4, 0.5) is 23.4 Å². The van der Waals surface area contributed by atoms with Crippen molar-refractivity contribution in [3.63, 3.8) is 0 Å². The molecule has 128 valence electrons. The molecule has 0 aliphatic rings. The van der Waals surface area contributed by atoms with Crippen LogP contribution >= 0.6 is 11.6 Å². The first-order valence-corrected chi connectivity index (χ1v) is 7.16. The van der Waals surface area contributed by atoms with Crippen molar-refractivity contribution in [1.82, 2.24) is 10.3 Å². The Morgan fingerprint density at radius 2 is 1.92 bits per heavy atom. The predicted molar refractivity (Wildman–Crippen MR) is 81.5 cm³/mol. The Kier molecular flexibility index (Phi) is 5.61. The third-order valence-corrected chi connectivity index (χ3v) is 3.31. The lowest BCUT2D eigenvalue weighted by Crippen LogP contribution is -2.29. The standard InChI is InChI=1S/C15H12ClF4N3O/c16-10-2-1-3-11(17)13(10)14(24)22-7-6-21-12-5-4-9(8-23-12)15(18,19)20/h1-5,8H,6-7H2,(H,21,23)(H,22,24). The van der Waals surface area contributed by atoms with Crippen molar-refractivity contribution in [1.29, 1.82) is 0 Å². The molecule has 0 saturated heterocycles. The molecule has 4 nitrogen and oxygen atoms in total. The zero-order valence-corrected chi connectivity index (χ0v) is 12.9. The van der Waals surface area contributed by atoms with Gasteiger partial charge in [0.2, 0.25) is 0 Å². The molecule has 0 radical (unpaired) electrons. The maximum absolute atomic E-state index is 13.5. The van der Waals surface area contributed by atoms with E-state index in [2.05, 4.69) is 15.6 Å². The lowest BCUT2D eigenvalue weighted by Gasteiger charge is -2.10. The van der Waals surface area contributed by atoms with E-state index in [0.29, 0.717) is 6.20 Å². The van der Waals surface area contributed by atoms with E-state index in [-0.39, 0.29) is 29.5 Å². The van der Waals surface area contributed by atoms with E-state index in [1.165, 1.54) is 18.2 Å². The van der Waals surface area contributed by atoms with Crippen molar-refractivity contribution >= 4 is 23.3 Å². The zero-order valence-electron chi connectivity index (χ0n) is 12.1. The first-order chi connectivity index (χ1) is 11.3. The van der Waals surface area contributed by atoms with E-state index in [9.17, 15) is 22.4 Å². The Morgan fingerprint density at radius 3 is 2.50 bits per heavy atom. The number of carbonyl (C=O) groups is 1. The van der Waals surface area contributed by atoms with Crippen LogP contribution in [0.2, 0.25) is 5.02 Å². The van der Waals surface area contributed by atoms with E-state index < -0.39 is 23.5 Å². The van der Waals surface area contributed by atoms with Crippen LogP contribution in [-0.4, -0.2) is 24.0 Å². The molecule has 0 spiro atoms. The Bertz CT molecular complexity index is 699. The van der Waals surface area contributed by atoms with Crippen molar-refractivity contribution in [3.05, 3.63) is 58.5 Å². The van der Waals surface area contributed by atoms with Crippen LogP contribution in [0.5, 0.6) is 0 Å². The largest absolute Gasteiger partial charge is 0.417 e. The Morgan fingerprint density at radius 1 is 1.17 bits per heavy atom. The summed E-state index contributed by atoms with van der Waals surface area (Å²) >= 11 is 5.77. The van der Waals surface area contributed by atoms with Gasteiger partial charge in [0.05, 0.1) is 16.1 Å². The average molecular weight is 362 g/mol. The summed E-state index contributed by atoms with van der Waals surface area (Å²) in [5.41, 5.74) is -1.11. The minimum atomic E-state index is -4.45. The van der Waals surface area contributed by atoms with Gasteiger partial charge < -0.3 is 10.6 Å². The molecule has 1 heterocycles. The van der Waals surface area contributed by atoms with Crippen LogP contribution < -0.4 is 10.6 Å². The summed E-state index contributed by atoms with van der Waals surface area (Å²) in [7, 11) is 0. The van der Waals surface area contributed by atoms with Gasteiger partial charge in [-0.05, 0) is 24.3 Å². The minimum Gasteiger partial charge on any atom is -0.368 e. The van der Waals surface area contributed by atoms with Gasteiger partial charge in [-0.25, -0.2) is 9.37 Å². The second-order valence-electron chi connectivity index (χ2n) is 4.71. The van der Waals surface area contributed by atoms with Crippen molar-refractivity contribution in [2.75, 3.05) is 18.4 Å². The van der Waals surface area contributed by atoms with E-state index in [1.807, 2.05) is 0 Å². The quantitative estimate of drug-likeness (QED) is 0.630. The molecule has 1 amide bonds. The number of rotatable bonds is 5. The molecule has 2 rings (SSSR count). The fourth-order valence-electron chi connectivity index (χ4n) is 1.84. The van der Waals surface area contributed by atoms with Crippen molar-refractivity contribution in [2.24, 2.45) is 0 Å². The van der Waals surface area contributed by atoms with Gasteiger partial charge in [-0.1, -0.05) is 17.7 Å². The van der Waals surface area contributed by atoms with Crippen LogP contribution in [0.1, 0.15) is 15.9 Å². The smallest absolute Gasteiger partial charge is 0.368 e. The number of amides is 1. The van der Waals surface area contributed by atoms with Crippen LogP contribution in [0.3, 0.4) is 0 Å². The number of anilines is 1. The number of nitrogens with one attached hydrogen (secondary N) is 2. The highest BCUT2D eigenvalue weighted by atomic mass is 35.5. The number of benzene rings is 1. The number of hydrogen-bond donors (Lipinski definition) is 2. The summed E-state index contributed by atoms with van der Waals surface area (Å²) in [6, 6.07) is 5.97. The first kappa shape index (κ1) is 18.0. The first-order valence-electron chi connectivity index (χ1n) is 6.78. The van der Waals surface area contributed by atoms with E-state index in [0.717, 1.165) is 12.1 Å². The van der Waals surface area contributed by atoms with E-state index in [1.54, 1.807) is 0 Å². The molecule has 1 aromatic carbocycles. The third-order valence-electron chi connectivity index (χ3n) is 3.00. The summed E-state index contributed by atoms with van der Waals surface area (Å²) in [5.74, 6) is -1.20. The predicted octanol–water partition coefficient (Wildman–Crippen LogP) is 3.73. The number of nitrogens with zero attached hydrogens (tertiary/aromatic N) is 1. The number of halogens is 5. The number of aromatic nitrogens is 1. The third kappa shape index (κ3) is 4.58.